The van der Waals surface area contributed by atoms with E-state index in [0.717, 1.165) is 16.9 Å². The molecule has 0 bridgehead atoms. The third-order valence-corrected chi connectivity index (χ3v) is 5.90. The maximum absolute atomic E-state index is 12.3. The third kappa shape index (κ3) is 3.19. The van der Waals surface area contributed by atoms with Crippen LogP contribution in [0.15, 0.2) is 40.2 Å². The summed E-state index contributed by atoms with van der Waals surface area (Å²) in [4.78, 5) is 3.89. The van der Waals surface area contributed by atoms with Gasteiger partial charge in [0.25, 0.3) is 10.0 Å². The second kappa shape index (κ2) is 5.79. The number of thiophene rings is 1. The van der Waals surface area contributed by atoms with Crippen LogP contribution in [0.5, 0.6) is 0 Å². The first-order valence-corrected chi connectivity index (χ1v) is 7.89. The van der Waals surface area contributed by atoms with Crippen LogP contribution < -0.4 is 0 Å². The predicted octanol–water partition coefficient (Wildman–Crippen LogP) is 1.46. The van der Waals surface area contributed by atoms with Gasteiger partial charge in [0.15, 0.2) is 0 Å². The van der Waals surface area contributed by atoms with Gasteiger partial charge in [0.2, 0.25) is 0 Å². The van der Waals surface area contributed by atoms with Gasteiger partial charge >= 0.3 is 0 Å². The number of hydrogen-bond donors (Lipinski definition) is 1. The summed E-state index contributed by atoms with van der Waals surface area (Å²) in [5, 5.41) is 10.6. The fourth-order valence-electron chi connectivity index (χ4n) is 1.56. The van der Waals surface area contributed by atoms with Crippen molar-refractivity contribution in [3.8, 4) is 0 Å². The van der Waals surface area contributed by atoms with Crippen molar-refractivity contribution in [3.63, 3.8) is 0 Å². The molecule has 0 aliphatic rings. The van der Waals surface area contributed by atoms with Crippen LogP contribution in [0.3, 0.4) is 0 Å². The quantitative estimate of drug-likeness (QED) is 0.907. The van der Waals surface area contributed by atoms with E-state index < -0.39 is 10.0 Å². The summed E-state index contributed by atoms with van der Waals surface area (Å²) in [6.07, 6.45) is 3.26. The minimum absolute atomic E-state index is 0.153. The average Bonchev–Trinajstić information content (AvgIpc) is 2.89. The van der Waals surface area contributed by atoms with Crippen molar-refractivity contribution in [2.45, 2.75) is 17.4 Å². The Balaban J connectivity index is 2.19. The molecule has 0 saturated carbocycles. The number of aromatic nitrogens is 1. The molecule has 1 N–H and O–H groups in total. The average molecular weight is 298 g/mol. The number of sulfonamides is 1. The van der Waals surface area contributed by atoms with Crippen LogP contribution in [-0.2, 0) is 23.2 Å². The zero-order valence-electron chi connectivity index (χ0n) is 10.4. The Hall–Kier alpha value is -1.28. The molecule has 0 aliphatic heterocycles. The molecular weight excluding hydrogens is 284 g/mol. The zero-order chi connectivity index (χ0) is 13.9. The molecule has 2 rings (SSSR count). The monoisotopic (exact) mass is 298 g/mol. The fourth-order valence-corrected chi connectivity index (χ4v) is 4.12. The molecule has 0 saturated heterocycles. The van der Waals surface area contributed by atoms with Gasteiger partial charge in [0, 0.05) is 26.0 Å². The summed E-state index contributed by atoms with van der Waals surface area (Å²) in [5.74, 6) is 0. The van der Waals surface area contributed by atoms with Gasteiger partial charge in [-0.25, -0.2) is 8.42 Å². The van der Waals surface area contributed by atoms with Crippen molar-refractivity contribution >= 4 is 21.4 Å². The molecule has 102 valence electrons. The first kappa shape index (κ1) is 14.1. The predicted molar refractivity (Wildman–Crippen MR) is 73.1 cm³/mol. The summed E-state index contributed by atoms with van der Waals surface area (Å²) in [6.45, 7) is 0.136. The summed E-state index contributed by atoms with van der Waals surface area (Å²) in [7, 11) is -1.97. The van der Waals surface area contributed by atoms with Gasteiger partial charge in [-0.2, -0.15) is 4.31 Å². The Morgan fingerprint density at radius 3 is 2.58 bits per heavy atom. The molecule has 2 aromatic rings. The third-order valence-electron chi connectivity index (χ3n) is 2.63. The van der Waals surface area contributed by atoms with E-state index in [1.165, 1.54) is 17.4 Å². The minimum Gasteiger partial charge on any atom is -0.392 e. The van der Waals surface area contributed by atoms with E-state index in [-0.39, 0.29) is 17.4 Å². The van der Waals surface area contributed by atoms with Crippen LogP contribution in [0, 0.1) is 0 Å². The lowest BCUT2D eigenvalue weighted by Gasteiger charge is -2.15. The number of rotatable bonds is 5. The Morgan fingerprint density at radius 1 is 1.32 bits per heavy atom. The molecule has 7 heteroatoms. The summed E-state index contributed by atoms with van der Waals surface area (Å²) in [6, 6.07) is 5.06. The molecule has 2 aromatic heterocycles. The molecule has 0 amide bonds. The maximum Gasteiger partial charge on any atom is 0.252 e. The van der Waals surface area contributed by atoms with E-state index in [9.17, 15) is 8.42 Å². The Bertz CT molecular complexity index is 638. The second-order valence-corrected chi connectivity index (χ2v) is 7.23. The molecule has 0 unspecified atom stereocenters. The highest BCUT2D eigenvalue weighted by molar-refractivity contribution is 7.91. The minimum atomic E-state index is -3.51. The number of pyridine rings is 1. The van der Waals surface area contributed by atoms with E-state index in [1.54, 1.807) is 29.9 Å². The summed E-state index contributed by atoms with van der Waals surface area (Å²) < 4.78 is 26.1. The molecule has 19 heavy (non-hydrogen) atoms. The number of aliphatic hydroxyl groups is 1. The molecule has 2 heterocycles. The largest absolute Gasteiger partial charge is 0.392 e. The topological polar surface area (TPSA) is 70.5 Å². The number of nitrogens with zero attached hydrogens (tertiary/aromatic N) is 2. The van der Waals surface area contributed by atoms with Gasteiger partial charge in [0.05, 0.1) is 6.61 Å². The molecular formula is C12H14N2O3S2. The van der Waals surface area contributed by atoms with Crippen molar-refractivity contribution in [2.75, 3.05) is 7.05 Å². The zero-order valence-corrected chi connectivity index (χ0v) is 12.0. The highest BCUT2D eigenvalue weighted by atomic mass is 32.2. The van der Waals surface area contributed by atoms with Gasteiger partial charge in [-0.3, -0.25) is 4.98 Å². The highest BCUT2D eigenvalue weighted by Crippen LogP contribution is 2.24. The van der Waals surface area contributed by atoms with E-state index in [0.29, 0.717) is 5.56 Å². The smallest absolute Gasteiger partial charge is 0.252 e. The summed E-state index contributed by atoms with van der Waals surface area (Å²) in [5.41, 5.74) is 1.49. The Kier molecular flexibility index (Phi) is 4.31. The molecule has 0 fully saturated rings. The van der Waals surface area contributed by atoms with Crippen LogP contribution in [-0.4, -0.2) is 29.9 Å². The van der Waals surface area contributed by atoms with Crippen LogP contribution in [0.4, 0.5) is 0 Å². The lowest BCUT2D eigenvalue weighted by atomic mass is 10.3. The second-order valence-electron chi connectivity index (χ2n) is 4.05. The van der Waals surface area contributed by atoms with E-state index in [4.69, 9.17) is 5.11 Å². The van der Waals surface area contributed by atoms with Gasteiger partial charge in [-0.1, -0.05) is 0 Å². The molecule has 0 radical (unpaired) electrons. The standard InChI is InChI=1S/C12H14N2O3S2/c1-14(7-10-2-4-13-5-3-10)19(16,17)12-6-11(8-15)9-18-12/h2-6,9,15H,7-8H2,1H3. The van der Waals surface area contributed by atoms with Crippen LogP contribution in [0.2, 0.25) is 0 Å². The van der Waals surface area contributed by atoms with Crippen LogP contribution in [0.25, 0.3) is 0 Å². The van der Waals surface area contributed by atoms with Crippen molar-refractivity contribution in [1.29, 1.82) is 0 Å². The van der Waals surface area contributed by atoms with Crippen molar-refractivity contribution in [3.05, 3.63) is 47.1 Å². The van der Waals surface area contributed by atoms with E-state index in [1.807, 2.05) is 0 Å². The normalized spacial score (nSPS) is 11.9. The van der Waals surface area contributed by atoms with Gasteiger partial charge in [0.1, 0.15) is 4.21 Å². The lowest BCUT2D eigenvalue weighted by Crippen LogP contribution is -2.25. The number of aliphatic hydroxyl groups excluding tert-OH is 1. The van der Waals surface area contributed by atoms with Gasteiger partial charge in [-0.05, 0) is 34.7 Å². The molecule has 0 spiro atoms. The van der Waals surface area contributed by atoms with Crippen molar-refractivity contribution in [1.82, 2.24) is 9.29 Å². The Morgan fingerprint density at radius 2 is 2.00 bits per heavy atom. The highest BCUT2D eigenvalue weighted by Gasteiger charge is 2.22. The van der Waals surface area contributed by atoms with Crippen LogP contribution >= 0.6 is 11.3 Å². The van der Waals surface area contributed by atoms with Crippen LogP contribution in [0.1, 0.15) is 11.1 Å². The molecule has 0 aromatic carbocycles. The van der Waals surface area contributed by atoms with E-state index in [2.05, 4.69) is 4.98 Å². The molecule has 5 nitrogen and oxygen atoms in total. The molecule has 0 aliphatic carbocycles. The Labute approximate surface area is 116 Å². The maximum atomic E-state index is 12.3. The summed E-state index contributed by atoms with van der Waals surface area (Å²) >= 11 is 1.12. The lowest BCUT2D eigenvalue weighted by molar-refractivity contribution is 0.282. The molecule has 0 atom stereocenters. The van der Waals surface area contributed by atoms with E-state index >= 15 is 0 Å². The SMILES string of the molecule is CN(Cc1ccncc1)S(=O)(=O)c1cc(CO)cs1. The van der Waals surface area contributed by atoms with Crippen molar-refractivity contribution in [2.24, 2.45) is 0 Å². The van der Waals surface area contributed by atoms with Crippen molar-refractivity contribution < 1.29 is 13.5 Å². The van der Waals surface area contributed by atoms with Gasteiger partial charge < -0.3 is 5.11 Å². The fraction of sp³-hybridized carbons (Fsp3) is 0.250. The first-order chi connectivity index (χ1) is 9.04. The van der Waals surface area contributed by atoms with Gasteiger partial charge in [-0.15, -0.1) is 11.3 Å². The first-order valence-electron chi connectivity index (χ1n) is 5.57. The number of hydrogen-bond acceptors (Lipinski definition) is 5.